The summed E-state index contributed by atoms with van der Waals surface area (Å²) in [5, 5.41) is 2.86. The molecule has 0 atom stereocenters. The third-order valence-corrected chi connectivity index (χ3v) is 2.57. The molecule has 0 aliphatic rings. The lowest BCUT2D eigenvalue weighted by Crippen LogP contribution is -2.11. The Hall–Kier alpha value is -2.37. The Kier molecular flexibility index (Phi) is 4.02. The van der Waals surface area contributed by atoms with Gasteiger partial charge in [-0.25, -0.2) is 9.37 Å². The predicted octanol–water partition coefficient (Wildman–Crippen LogP) is 3.04. The van der Waals surface area contributed by atoms with E-state index in [1.165, 1.54) is 12.4 Å². The molecule has 20 heavy (non-hydrogen) atoms. The number of ether oxygens (including phenoxy) is 1. The standard InChI is InChI=1S/C14H17FN4O/c1-8(2)20-14-12(16)13(17-7-18-14)19-11-6-9(3)4-5-10(11)15/h4-8H,16H2,1-3H3,(H,17,18,19). The number of halogens is 1. The highest BCUT2D eigenvalue weighted by Crippen LogP contribution is 2.29. The minimum absolute atomic E-state index is 0.0595. The quantitative estimate of drug-likeness (QED) is 0.898. The zero-order chi connectivity index (χ0) is 14.7. The van der Waals surface area contributed by atoms with E-state index < -0.39 is 0 Å². The van der Waals surface area contributed by atoms with Gasteiger partial charge in [-0.3, -0.25) is 0 Å². The van der Waals surface area contributed by atoms with Gasteiger partial charge in [-0.15, -0.1) is 0 Å². The minimum atomic E-state index is -0.375. The fourth-order valence-electron chi connectivity index (χ4n) is 1.66. The summed E-state index contributed by atoms with van der Waals surface area (Å²) < 4.78 is 19.2. The highest BCUT2D eigenvalue weighted by Gasteiger charge is 2.12. The number of nitrogens with zero attached hydrogens (tertiary/aromatic N) is 2. The molecule has 0 bridgehead atoms. The maximum absolute atomic E-state index is 13.7. The highest BCUT2D eigenvalue weighted by atomic mass is 19.1. The van der Waals surface area contributed by atoms with Crippen molar-refractivity contribution in [3.63, 3.8) is 0 Å². The number of benzene rings is 1. The maximum Gasteiger partial charge on any atom is 0.242 e. The monoisotopic (exact) mass is 276 g/mol. The Labute approximate surface area is 117 Å². The fraction of sp³-hybridized carbons (Fsp3) is 0.286. The second-order valence-corrected chi connectivity index (χ2v) is 4.72. The molecule has 1 aromatic heterocycles. The van der Waals surface area contributed by atoms with Crippen molar-refractivity contribution < 1.29 is 9.13 Å². The fourth-order valence-corrected chi connectivity index (χ4v) is 1.66. The first-order chi connectivity index (χ1) is 9.47. The average molecular weight is 276 g/mol. The number of aromatic nitrogens is 2. The van der Waals surface area contributed by atoms with Crippen LogP contribution in [0.3, 0.4) is 0 Å². The molecular weight excluding hydrogens is 259 g/mol. The molecule has 3 N–H and O–H groups in total. The van der Waals surface area contributed by atoms with Crippen molar-refractivity contribution in [1.82, 2.24) is 9.97 Å². The lowest BCUT2D eigenvalue weighted by molar-refractivity contribution is 0.234. The Bertz CT molecular complexity index is 616. The minimum Gasteiger partial charge on any atom is -0.473 e. The van der Waals surface area contributed by atoms with Crippen LogP contribution >= 0.6 is 0 Å². The third kappa shape index (κ3) is 3.14. The summed E-state index contributed by atoms with van der Waals surface area (Å²) in [6, 6.07) is 4.76. The highest BCUT2D eigenvalue weighted by molar-refractivity contribution is 5.72. The third-order valence-electron chi connectivity index (χ3n) is 2.57. The van der Waals surface area contributed by atoms with Crippen LogP contribution < -0.4 is 15.8 Å². The number of nitrogen functional groups attached to an aromatic ring is 1. The van der Waals surface area contributed by atoms with Crippen molar-refractivity contribution in [2.45, 2.75) is 26.9 Å². The van der Waals surface area contributed by atoms with E-state index in [0.29, 0.717) is 11.5 Å². The average Bonchev–Trinajstić information content (AvgIpc) is 2.38. The van der Waals surface area contributed by atoms with Crippen LogP contribution in [-0.2, 0) is 0 Å². The summed E-state index contributed by atoms with van der Waals surface area (Å²) in [6.07, 6.45) is 1.26. The van der Waals surface area contributed by atoms with Gasteiger partial charge in [0.15, 0.2) is 5.82 Å². The molecule has 1 heterocycles. The van der Waals surface area contributed by atoms with Crippen molar-refractivity contribution in [3.8, 4) is 5.88 Å². The second kappa shape index (κ2) is 5.73. The van der Waals surface area contributed by atoms with E-state index in [9.17, 15) is 4.39 Å². The van der Waals surface area contributed by atoms with Gasteiger partial charge >= 0.3 is 0 Å². The summed E-state index contributed by atoms with van der Waals surface area (Å²) >= 11 is 0. The number of rotatable bonds is 4. The molecule has 0 amide bonds. The molecule has 0 radical (unpaired) electrons. The summed E-state index contributed by atoms with van der Waals surface area (Å²) in [6.45, 7) is 5.62. The molecule has 5 nitrogen and oxygen atoms in total. The van der Waals surface area contributed by atoms with Crippen molar-refractivity contribution >= 4 is 17.2 Å². The molecule has 0 saturated carbocycles. The molecule has 0 aliphatic heterocycles. The van der Waals surface area contributed by atoms with E-state index in [-0.39, 0.29) is 23.5 Å². The molecule has 106 valence electrons. The van der Waals surface area contributed by atoms with Crippen LogP contribution in [0.25, 0.3) is 0 Å². The van der Waals surface area contributed by atoms with Gasteiger partial charge < -0.3 is 15.8 Å². The van der Waals surface area contributed by atoms with Crippen LogP contribution in [-0.4, -0.2) is 16.1 Å². The Morgan fingerprint density at radius 1 is 1.30 bits per heavy atom. The number of hydrogen-bond acceptors (Lipinski definition) is 5. The van der Waals surface area contributed by atoms with Gasteiger partial charge in [-0.05, 0) is 38.5 Å². The van der Waals surface area contributed by atoms with Gasteiger partial charge in [-0.2, -0.15) is 4.98 Å². The van der Waals surface area contributed by atoms with E-state index in [1.807, 2.05) is 20.8 Å². The van der Waals surface area contributed by atoms with Crippen LogP contribution in [0.5, 0.6) is 5.88 Å². The van der Waals surface area contributed by atoms with Gasteiger partial charge in [0.2, 0.25) is 5.88 Å². The lowest BCUT2D eigenvalue weighted by Gasteiger charge is -2.14. The molecule has 0 spiro atoms. The molecule has 0 aliphatic carbocycles. The van der Waals surface area contributed by atoms with Crippen LogP contribution in [0.15, 0.2) is 24.5 Å². The molecule has 2 rings (SSSR count). The first-order valence-corrected chi connectivity index (χ1v) is 6.27. The summed E-state index contributed by atoms with van der Waals surface area (Å²) in [5.74, 6) is 0.227. The van der Waals surface area contributed by atoms with Gasteiger partial charge in [0.1, 0.15) is 17.8 Å². The van der Waals surface area contributed by atoms with Gasteiger partial charge in [-0.1, -0.05) is 6.07 Å². The first kappa shape index (κ1) is 14.0. The molecule has 0 saturated heterocycles. The number of nitrogens with two attached hydrogens (primary N) is 1. The number of hydrogen-bond donors (Lipinski definition) is 2. The number of aryl methyl sites for hydroxylation is 1. The molecule has 2 aromatic rings. The summed E-state index contributed by atoms with van der Waals surface area (Å²) in [7, 11) is 0. The normalized spacial score (nSPS) is 10.7. The van der Waals surface area contributed by atoms with Crippen molar-refractivity contribution in [2.75, 3.05) is 11.1 Å². The smallest absolute Gasteiger partial charge is 0.242 e. The Morgan fingerprint density at radius 2 is 2.05 bits per heavy atom. The summed E-state index contributed by atoms with van der Waals surface area (Å²) in [4.78, 5) is 7.99. The van der Waals surface area contributed by atoms with Gasteiger partial charge in [0.25, 0.3) is 0 Å². The van der Waals surface area contributed by atoms with Crippen molar-refractivity contribution in [2.24, 2.45) is 0 Å². The van der Waals surface area contributed by atoms with Gasteiger partial charge in [0, 0.05) is 0 Å². The van der Waals surface area contributed by atoms with E-state index >= 15 is 0 Å². The van der Waals surface area contributed by atoms with Crippen molar-refractivity contribution in [1.29, 1.82) is 0 Å². The van der Waals surface area contributed by atoms with E-state index in [2.05, 4.69) is 15.3 Å². The SMILES string of the molecule is Cc1ccc(F)c(Nc2ncnc(OC(C)C)c2N)c1. The molecule has 0 fully saturated rings. The van der Waals surface area contributed by atoms with Crippen LogP contribution in [0.4, 0.5) is 21.6 Å². The first-order valence-electron chi connectivity index (χ1n) is 6.27. The molecule has 0 unspecified atom stereocenters. The molecule has 6 heteroatoms. The Morgan fingerprint density at radius 3 is 2.75 bits per heavy atom. The lowest BCUT2D eigenvalue weighted by atomic mass is 10.2. The van der Waals surface area contributed by atoms with Crippen LogP contribution in [0, 0.1) is 12.7 Å². The largest absolute Gasteiger partial charge is 0.473 e. The van der Waals surface area contributed by atoms with Gasteiger partial charge in [0.05, 0.1) is 11.8 Å². The molecular formula is C14H17FN4O. The zero-order valence-electron chi connectivity index (χ0n) is 11.6. The summed E-state index contributed by atoms with van der Waals surface area (Å²) in [5.41, 5.74) is 7.43. The maximum atomic E-state index is 13.7. The number of nitrogens with one attached hydrogen (secondary N) is 1. The predicted molar refractivity (Wildman–Crippen MR) is 76.6 cm³/mol. The molecule has 1 aromatic carbocycles. The van der Waals surface area contributed by atoms with Crippen LogP contribution in [0.1, 0.15) is 19.4 Å². The second-order valence-electron chi connectivity index (χ2n) is 4.72. The number of anilines is 3. The Balaban J connectivity index is 2.32. The van der Waals surface area contributed by atoms with Crippen molar-refractivity contribution in [3.05, 3.63) is 35.9 Å². The van der Waals surface area contributed by atoms with E-state index in [1.54, 1.807) is 12.1 Å². The van der Waals surface area contributed by atoms with E-state index in [0.717, 1.165) is 5.56 Å². The van der Waals surface area contributed by atoms with Crippen LogP contribution in [0.2, 0.25) is 0 Å². The topological polar surface area (TPSA) is 73.1 Å². The zero-order valence-corrected chi connectivity index (χ0v) is 11.6. The van der Waals surface area contributed by atoms with E-state index in [4.69, 9.17) is 10.5 Å².